The number of pyridine rings is 1. The van der Waals surface area contributed by atoms with Crippen LogP contribution in [0.15, 0.2) is 47.8 Å². The van der Waals surface area contributed by atoms with E-state index in [-0.39, 0.29) is 18.2 Å². The van der Waals surface area contributed by atoms with Crippen molar-refractivity contribution in [3.8, 4) is 0 Å². The van der Waals surface area contributed by atoms with Gasteiger partial charge in [0, 0.05) is 28.7 Å². The van der Waals surface area contributed by atoms with Crippen LogP contribution in [0.5, 0.6) is 0 Å². The van der Waals surface area contributed by atoms with Gasteiger partial charge in [-0.05, 0) is 37.3 Å². The minimum absolute atomic E-state index is 0.00950. The number of nitrogens with zero attached hydrogens (tertiary/aromatic N) is 2. The minimum atomic E-state index is -0.377. The summed E-state index contributed by atoms with van der Waals surface area (Å²) in [5.41, 5.74) is 3.72. The third kappa shape index (κ3) is 5.33. The Labute approximate surface area is 148 Å². The molecule has 0 atom stereocenters. The van der Waals surface area contributed by atoms with E-state index < -0.39 is 0 Å². The number of carbonyl (C=O) groups is 2. The zero-order valence-corrected chi connectivity index (χ0v) is 14.2. The maximum absolute atomic E-state index is 12.0. The van der Waals surface area contributed by atoms with E-state index in [0.717, 1.165) is 0 Å². The molecule has 8 heteroatoms. The second-order valence-electron chi connectivity index (χ2n) is 4.87. The van der Waals surface area contributed by atoms with E-state index in [4.69, 9.17) is 23.2 Å². The van der Waals surface area contributed by atoms with Crippen LogP contribution in [0.4, 0.5) is 5.69 Å². The first-order valence-corrected chi connectivity index (χ1v) is 7.69. The Balaban J connectivity index is 1.90. The molecule has 2 N–H and O–H groups in total. The summed E-state index contributed by atoms with van der Waals surface area (Å²) in [4.78, 5) is 27.6. The fraction of sp³-hybridized carbons (Fsp3) is 0.125. The monoisotopic (exact) mass is 364 g/mol. The zero-order chi connectivity index (χ0) is 17.5. The van der Waals surface area contributed by atoms with Crippen molar-refractivity contribution in [1.29, 1.82) is 0 Å². The Kier molecular flexibility index (Phi) is 6.28. The Morgan fingerprint density at radius 2 is 1.88 bits per heavy atom. The molecule has 2 rings (SSSR count). The summed E-state index contributed by atoms with van der Waals surface area (Å²) in [6, 6.07) is 7.90. The molecule has 0 unspecified atom stereocenters. The fourth-order valence-electron chi connectivity index (χ4n) is 1.77. The van der Waals surface area contributed by atoms with Crippen LogP contribution in [-0.4, -0.2) is 22.5 Å². The Morgan fingerprint density at radius 3 is 2.54 bits per heavy atom. The topological polar surface area (TPSA) is 83.5 Å². The molecular formula is C16H14Cl2N4O2. The van der Waals surface area contributed by atoms with Gasteiger partial charge in [-0.3, -0.25) is 14.6 Å². The number of hydrazone groups is 1. The summed E-state index contributed by atoms with van der Waals surface area (Å²) in [5.74, 6) is -0.684. The Morgan fingerprint density at radius 1 is 1.17 bits per heavy atom. The summed E-state index contributed by atoms with van der Waals surface area (Å²) in [7, 11) is 0. The lowest BCUT2D eigenvalue weighted by molar-refractivity contribution is -0.115. The smallest absolute Gasteiger partial charge is 0.271 e. The van der Waals surface area contributed by atoms with Gasteiger partial charge in [-0.2, -0.15) is 5.10 Å². The van der Waals surface area contributed by atoms with Crippen molar-refractivity contribution in [2.75, 3.05) is 5.32 Å². The molecule has 0 bridgehead atoms. The van der Waals surface area contributed by atoms with Gasteiger partial charge in [0.2, 0.25) is 5.91 Å². The quantitative estimate of drug-likeness (QED) is 0.628. The van der Waals surface area contributed by atoms with E-state index in [0.29, 0.717) is 27.0 Å². The van der Waals surface area contributed by atoms with E-state index in [9.17, 15) is 9.59 Å². The number of halogens is 2. The zero-order valence-electron chi connectivity index (χ0n) is 12.7. The minimum Gasteiger partial charge on any atom is -0.324 e. The van der Waals surface area contributed by atoms with Crippen molar-refractivity contribution in [3.05, 3.63) is 58.3 Å². The van der Waals surface area contributed by atoms with Gasteiger partial charge in [-0.15, -0.1) is 0 Å². The van der Waals surface area contributed by atoms with Crippen LogP contribution in [0.25, 0.3) is 0 Å². The molecule has 0 fully saturated rings. The van der Waals surface area contributed by atoms with E-state index in [2.05, 4.69) is 20.8 Å². The average Bonchev–Trinajstić information content (AvgIpc) is 2.56. The molecule has 0 aliphatic rings. The molecule has 2 aromatic rings. The predicted molar refractivity (Wildman–Crippen MR) is 94.5 cm³/mol. The lowest BCUT2D eigenvalue weighted by atomic mass is 10.2. The van der Waals surface area contributed by atoms with Crippen LogP contribution in [0, 0.1) is 0 Å². The third-order valence-corrected chi connectivity index (χ3v) is 3.46. The summed E-state index contributed by atoms with van der Waals surface area (Å²) in [6.07, 6.45) is 3.03. The van der Waals surface area contributed by atoms with Gasteiger partial charge in [0.25, 0.3) is 5.91 Å². The molecule has 0 aliphatic carbocycles. The highest BCUT2D eigenvalue weighted by molar-refractivity contribution is 6.36. The van der Waals surface area contributed by atoms with Gasteiger partial charge in [0.15, 0.2) is 0 Å². The lowest BCUT2D eigenvalue weighted by Gasteiger charge is -2.07. The highest BCUT2D eigenvalue weighted by Crippen LogP contribution is 2.25. The molecule has 0 saturated carbocycles. The van der Waals surface area contributed by atoms with Gasteiger partial charge in [-0.1, -0.05) is 23.2 Å². The first kappa shape index (κ1) is 17.9. The van der Waals surface area contributed by atoms with Crippen molar-refractivity contribution in [2.24, 2.45) is 5.10 Å². The van der Waals surface area contributed by atoms with Crippen LogP contribution >= 0.6 is 23.2 Å². The lowest BCUT2D eigenvalue weighted by Crippen LogP contribution is -2.21. The highest BCUT2D eigenvalue weighted by atomic mass is 35.5. The van der Waals surface area contributed by atoms with Crippen molar-refractivity contribution in [2.45, 2.75) is 13.3 Å². The molecule has 1 aromatic heterocycles. The molecule has 6 nitrogen and oxygen atoms in total. The molecule has 0 saturated heterocycles. The van der Waals surface area contributed by atoms with Crippen LogP contribution in [0.1, 0.15) is 23.7 Å². The van der Waals surface area contributed by atoms with E-state index in [1.54, 1.807) is 31.2 Å². The summed E-state index contributed by atoms with van der Waals surface area (Å²) >= 11 is 11.8. The number of benzene rings is 1. The average molecular weight is 365 g/mol. The van der Waals surface area contributed by atoms with Gasteiger partial charge < -0.3 is 5.32 Å². The van der Waals surface area contributed by atoms with Crippen LogP contribution in [-0.2, 0) is 4.79 Å². The number of anilines is 1. The molecule has 24 heavy (non-hydrogen) atoms. The highest BCUT2D eigenvalue weighted by Gasteiger charge is 2.09. The molecule has 124 valence electrons. The number of hydrogen-bond acceptors (Lipinski definition) is 4. The number of amides is 2. The molecule has 2 amide bonds. The molecule has 0 aliphatic heterocycles. The first-order valence-electron chi connectivity index (χ1n) is 6.94. The molecular weight excluding hydrogens is 351 g/mol. The van der Waals surface area contributed by atoms with Crippen LogP contribution in [0.3, 0.4) is 0 Å². The van der Waals surface area contributed by atoms with Crippen LogP contribution in [0.2, 0.25) is 10.0 Å². The number of hydrogen-bond donors (Lipinski definition) is 2. The van der Waals surface area contributed by atoms with Gasteiger partial charge >= 0.3 is 0 Å². The number of nitrogens with one attached hydrogen (secondary N) is 2. The fourth-order valence-corrected chi connectivity index (χ4v) is 2.23. The van der Waals surface area contributed by atoms with Gasteiger partial charge in [0.05, 0.1) is 17.1 Å². The van der Waals surface area contributed by atoms with E-state index in [1.807, 2.05) is 0 Å². The second-order valence-corrected chi connectivity index (χ2v) is 5.72. The summed E-state index contributed by atoms with van der Waals surface area (Å²) in [6.45, 7) is 1.63. The summed E-state index contributed by atoms with van der Waals surface area (Å²) in [5, 5.41) is 7.38. The Bertz CT molecular complexity index is 779. The van der Waals surface area contributed by atoms with Gasteiger partial charge in [-0.25, -0.2) is 5.43 Å². The van der Waals surface area contributed by atoms with Crippen molar-refractivity contribution in [3.63, 3.8) is 0 Å². The van der Waals surface area contributed by atoms with E-state index in [1.165, 1.54) is 18.5 Å². The van der Waals surface area contributed by atoms with Gasteiger partial charge in [0.1, 0.15) is 0 Å². The number of aromatic nitrogens is 1. The summed E-state index contributed by atoms with van der Waals surface area (Å²) < 4.78 is 0. The maximum atomic E-state index is 12.0. The molecule has 0 radical (unpaired) electrons. The molecule has 0 spiro atoms. The number of rotatable bonds is 5. The SMILES string of the molecule is CC(CC(=O)Nc1ccc(Cl)cc1Cl)=NNC(=O)c1ccncc1. The third-order valence-electron chi connectivity index (χ3n) is 2.91. The molecule has 1 heterocycles. The standard InChI is InChI=1S/C16H14Cl2N4O2/c1-10(21-22-16(24)11-4-6-19-7-5-11)8-15(23)20-14-3-2-12(17)9-13(14)18/h2-7,9H,8H2,1H3,(H,20,23)(H,22,24). The second kappa shape index (κ2) is 8.42. The van der Waals surface area contributed by atoms with Crippen molar-refractivity contribution < 1.29 is 9.59 Å². The first-order chi connectivity index (χ1) is 11.5. The van der Waals surface area contributed by atoms with E-state index >= 15 is 0 Å². The predicted octanol–water partition coefficient (Wildman–Crippen LogP) is 3.52. The van der Waals surface area contributed by atoms with Crippen molar-refractivity contribution >= 4 is 46.4 Å². The van der Waals surface area contributed by atoms with Crippen LogP contribution < -0.4 is 10.7 Å². The number of carbonyl (C=O) groups excluding carboxylic acids is 2. The van der Waals surface area contributed by atoms with Crippen molar-refractivity contribution in [1.82, 2.24) is 10.4 Å². The normalized spacial score (nSPS) is 11.0. The maximum Gasteiger partial charge on any atom is 0.271 e. The molecule has 1 aromatic carbocycles. The largest absolute Gasteiger partial charge is 0.324 e. The Hall–Kier alpha value is -2.44.